The fraction of sp³-hybridized carbons (Fsp3) is 0.556. The molecule has 1 amide bonds. The van der Waals surface area contributed by atoms with Gasteiger partial charge in [0.15, 0.2) is 0 Å². The minimum absolute atomic E-state index is 0.0779. The fourth-order valence-corrected chi connectivity index (χ4v) is 3.94. The molecule has 0 spiro atoms. The molecule has 1 aromatic rings. The van der Waals surface area contributed by atoms with Crippen LogP contribution in [0.25, 0.3) is 0 Å². The highest BCUT2D eigenvalue weighted by Crippen LogP contribution is 2.44. The monoisotopic (exact) mass is 332 g/mol. The number of nitrogens with zero attached hydrogens (tertiary/aromatic N) is 2. The Bertz CT molecular complexity index is 653. The van der Waals surface area contributed by atoms with Gasteiger partial charge in [0.2, 0.25) is 5.91 Å². The largest absolute Gasteiger partial charge is 0.481 e. The van der Waals surface area contributed by atoms with E-state index in [2.05, 4.69) is 13.5 Å². The smallest absolute Gasteiger partial charge is 0.313 e. The Labute approximate surface area is 141 Å². The third-order valence-electron chi connectivity index (χ3n) is 5.06. The van der Waals surface area contributed by atoms with Crippen LogP contribution in [0.4, 0.5) is 0 Å². The molecule has 3 heterocycles. The molecule has 1 N–H and O–H groups in total. The SMILES string of the molecule is C=CCN1C[C@@]2(C(=O)O)CN(Cc3ccc(CCC)o3)C[C@H]2C1=O. The topological polar surface area (TPSA) is 74.0 Å². The number of aryl methyl sites for hydroxylation is 1. The van der Waals surface area contributed by atoms with Gasteiger partial charge in [-0.25, -0.2) is 0 Å². The number of hydrogen-bond acceptors (Lipinski definition) is 4. The average molecular weight is 332 g/mol. The first-order chi connectivity index (χ1) is 11.5. The van der Waals surface area contributed by atoms with Crippen LogP contribution in [0, 0.1) is 11.3 Å². The van der Waals surface area contributed by atoms with Gasteiger partial charge in [-0.2, -0.15) is 0 Å². The van der Waals surface area contributed by atoms with Gasteiger partial charge in [-0.1, -0.05) is 13.0 Å². The number of fused-ring (bicyclic) bond motifs is 1. The van der Waals surface area contributed by atoms with Crippen molar-refractivity contribution in [2.75, 3.05) is 26.2 Å². The van der Waals surface area contributed by atoms with E-state index in [1.54, 1.807) is 11.0 Å². The molecule has 0 saturated carbocycles. The van der Waals surface area contributed by atoms with Gasteiger partial charge >= 0.3 is 5.97 Å². The molecule has 0 aliphatic carbocycles. The fourth-order valence-electron chi connectivity index (χ4n) is 3.94. The van der Waals surface area contributed by atoms with Crippen LogP contribution >= 0.6 is 0 Å². The van der Waals surface area contributed by atoms with Crippen molar-refractivity contribution in [3.05, 3.63) is 36.3 Å². The van der Waals surface area contributed by atoms with Gasteiger partial charge in [-0.05, 0) is 18.6 Å². The lowest BCUT2D eigenvalue weighted by Crippen LogP contribution is -2.40. The maximum atomic E-state index is 12.5. The molecule has 0 bridgehead atoms. The maximum absolute atomic E-state index is 12.5. The Balaban J connectivity index is 1.73. The minimum atomic E-state index is -1.01. The Kier molecular flexibility index (Phi) is 4.49. The first kappa shape index (κ1) is 16.8. The molecule has 2 aliphatic heterocycles. The van der Waals surface area contributed by atoms with Gasteiger partial charge < -0.3 is 14.4 Å². The summed E-state index contributed by atoms with van der Waals surface area (Å²) in [6, 6.07) is 3.91. The second-order valence-electron chi connectivity index (χ2n) is 6.81. The third kappa shape index (κ3) is 2.75. The quantitative estimate of drug-likeness (QED) is 0.770. The van der Waals surface area contributed by atoms with E-state index in [0.29, 0.717) is 26.2 Å². The van der Waals surface area contributed by atoms with E-state index in [-0.39, 0.29) is 12.5 Å². The highest BCUT2D eigenvalue weighted by molar-refractivity contribution is 5.92. The average Bonchev–Trinajstić information content (AvgIpc) is 3.18. The summed E-state index contributed by atoms with van der Waals surface area (Å²) in [6.45, 7) is 7.78. The molecular weight excluding hydrogens is 308 g/mol. The van der Waals surface area contributed by atoms with Gasteiger partial charge in [0.05, 0.1) is 12.5 Å². The molecule has 0 radical (unpaired) electrons. The van der Waals surface area contributed by atoms with Crippen LogP contribution in [0.3, 0.4) is 0 Å². The van der Waals surface area contributed by atoms with Crippen LogP contribution in [0.5, 0.6) is 0 Å². The predicted molar refractivity (Wildman–Crippen MR) is 88.3 cm³/mol. The molecule has 1 aromatic heterocycles. The summed E-state index contributed by atoms with van der Waals surface area (Å²) < 4.78 is 5.79. The van der Waals surface area contributed by atoms with Crippen molar-refractivity contribution in [2.45, 2.75) is 26.3 Å². The van der Waals surface area contributed by atoms with Crippen molar-refractivity contribution in [3.63, 3.8) is 0 Å². The van der Waals surface area contributed by atoms with E-state index in [1.165, 1.54) is 0 Å². The van der Waals surface area contributed by atoms with Crippen molar-refractivity contribution in [1.29, 1.82) is 0 Å². The Morgan fingerprint density at radius 3 is 2.83 bits per heavy atom. The summed E-state index contributed by atoms with van der Waals surface area (Å²) >= 11 is 0. The summed E-state index contributed by atoms with van der Waals surface area (Å²) in [7, 11) is 0. The summed E-state index contributed by atoms with van der Waals surface area (Å²) in [6.07, 6.45) is 3.57. The van der Waals surface area contributed by atoms with E-state index < -0.39 is 17.3 Å². The number of carbonyl (C=O) groups is 2. The van der Waals surface area contributed by atoms with Crippen molar-refractivity contribution in [3.8, 4) is 0 Å². The number of likely N-dealkylation sites (tertiary alicyclic amines) is 2. The lowest BCUT2D eigenvalue weighted by molar-refractivity contribution is -0.149. The molecule has 0 aromatic carbocycles. The molecule has 0 unspecified atom stereocenters. The highest BCUT2D eigenvalue weighted by Gasteiger charge is 2.61. The number of hydrogen-bond donors (Lipinski definition) is 1. The highest BCUT2D eigenvalue weighted by atomic mass is 16.4. The predicted octanol–water partition coefficient (Wildman–Crippen LogP) is 1.76. The number of carboxylic acid groups (broad SMARTS) is 1. The molecule has 2 saturated heterocycles. The zero-order valence-electron chi connectivity index (χ0n) is 14.0. The summed E-state index contributed by atoms with van der Waals surface area (Å²) in [4.78, 5) is 28.1. The van der Waals surface area contributed by atoms with Crippen molar-refractivity contribution >= 4 is 11.9 Å². The number of furan rings is 1. The van der Waals surface area contributed by atoms with Gasteiger partial charge in [-0.3, -0.25) is 14.5 Å². The van der Waals surface area contributed by atoms with Gasteiger partial charge in [-0.15, -0.1) is 6.58 Å². The van der Waals surface area contributed by atoms with Crippen molar-refractivity contribution in [2.24, 2.45) is 11.3 Å². The molecule has 24 heavy (non-hydrogen) atoms. The summed E-state index contributed by atoms with van der Waals surface area (Å²) in [5.41, 5.74) is -1.01. The number of carboxylic acids is 1. The standard InChI is InChI=1S/C18H24N2O4/c1-3-5-13-6-7-14(24-13)9-19-10-15-16(21)20(8-4-2)12-18(15,11-19)17(22)23/h4,6-7,15H,2-3,5,8-12H2,1H3,(H,22,23)/t15-,18-/m0/s1. The van der Waals surface area contributed by atoms with E-state index in [4.69, 9.17) is 4.42 Å². The van der Waals surface area contributed by atoms with Gasteiger partial charge in [0.25, 0.3) is 0 Å². The molecule has 130 valence electrons. The van der Waals surface area contributed by atoms with E-state index in [1.807, 2.05) is 17.0 Å². The zero-order valence-corrected chi connectivity index (χ0v) is 14.0. The van der Waals surface area contributed by atoms with Crippen LogP contribution in [0.1, 0.15) is 24.9 Å². The zero-order chi connectivity index (χ0) is 17.3. The molecule has 2 fully saturated rings. The van der Waals surface area contributed by atoms with Gasteiger partial charge in [0.1, 0.15) is 16.9 Å². The van der Waals surface area contributed by atoms with Crippen molar-refractivity contribution in [1.82, 2.24) is 9.80 Å². The molecular formula is C18H24N2O4. The Hall–Kier alpha value is -2.08. The Morgan fingerprint density at radius 1 is 1.46 bits per heavy atom. The molecule has 6 heteroatoms. The molecule has 2 atom stereocenters. The van der Waals surface area contributed by atoms with Crippen LogP contribution in [0.15, 0.2) is 29.2 Å². The number of amides is 1. The molecule has 2 aliphatic rings. The van der Waals surface area contributed by atoms with Crippen LogP contribution in [-0.2, 0) is 22.6 Å². The third-order valence-corrected chi connectivity index (χ3v) is 5.06. The Morgan fingerprint density at radius 2 is 2.21 bits per heavy atom. The lowest BCUT2D eigenvalue weighted by atomic mass is 9.81. The van der Waals surface area contributed by atoms with E-state index in [0.717, 1.165) is 24.4 Å². The first-order valence-corrected chi connectivity index (χ1v) is 8.43. The lowest BCUT2D eigenvalue weighted by Gasteiger charge is -2.24. The molecule has 6 nitrogen and oxygen atoms in total. The second kappa shape index (κ2) is 6.43. The van der Waals surface area contributed by atoms with E-state index in [9.17, 15) is 14.7 Å². The summed E-state index contributed by atoms with van der Waals surface area (Å²) in [5.74, 6) is 0.328. The van der Waals surface area contributed by atoms with Crippen molar-refractivity contribution < 1.29 is 19.1 Å². The maximum Gasteiger partial charge on any atom is 0.313 e. The van der Waals surface area contributed by atoms with Gasteiger partial charge in [0, 0.05) is 32.6 Å². The second-order valence-corrected chi connectivity index (χ2v) is 6.81. The van der Waals surface area contributed by atoms with E-state index >= 15 is 0 Å². The number of carbonyl (C=O) groups excluding carboxylic acids is 1. The molecule has 3 rings (SSSR count). The normalized spacial score (nSPS) is 26.8. The minimum Gasteiger partial charge on any atom is -0.481 e. The van der Waals surface area contributed by atoms with Crippen LogP contribution in [-0.4, -0.2) is 53.0 Å². The number of aliphatic carboxylic acids is 1. The van der Waals surface area contributed by atoms with Crippen LogP contribution < -0.4 is 0 Å². The summed E-state index contributed by atoms with van der Waals surface area (Å²) in [5, 5.41) is 9.78. The van der Waals surface area contributed by atoms with Crippen LogP contribution in [0.2, 0.25) is 0 Å². The first-order valence-electron chi connectivity index (χ1n) is 8.43. The number of rotatable bonds is 7.